The fourth-order valence-electron chi connectivity index (χ4n) is 5.90. The molecule has 4 rings (SSSR count). The van der Waals surface area contributed by atoms with Gasteiger partial charge in [0.05, 0.1) is 5.56 Å². The van der Waals surface area contributed by atoms with Crippen LogP contribution in [0.5, 0.6) is 5.75 Å². The molecule has 3 aromatic carbocycles. The molecule has 3 heteroatoms. The van der Waals surface area contributed by atoms with Crippen LogP contribution in [0.15, 0.2) is 48.5 Å². The summed E-state index contributed by atoms with van der Waals surface area (Å²) < 4.78 is 35.2. The second-order valence-corrected chi connectivity index (χ2v) is 11.2. The van der Waals surface area contributed by atoms with E-state index in [0.29, 0.717) is 5.92 Å². The van der Waals surface area contributed by atoms with Crippen LogP contribution in [0.25, 0.3) is 0 Å². The van der Waals surface area contributed by atoms with Crippen molar-refractivity contribution in [2.24, 2.45) is 11.8 Å². The minimum Gasteiger partial charge on any atom is -0.428 e. The molecule has 0 unspecified atom stereocenters. The summed E-state index contributed by atoms with van der Waals surface area (Å²) >= 11 is 0. The van der Waals surface area contributed by atoms with Crippen molar-refractivity contribution in [1.82, 2.24) is 0 Å². The van der Waals surface area contributed by atoms with Gasteiger partial charge in [0.2, 0.25) is 0 Å². The van der Waals surface area contributed by atoms with Crippen LogP contribution >= 0.6 is 0 Å². The van der Waals surface area contributed by atoms with Crippen LogP contribution in [0.3, 0.4) is 0 Å². The third-order valence-electron chi connectivity index (χ3n) is 8.13. The van der Waals surface area contributed by atoms with Crippen molar-refractivity contribution in [3.63, 3.8) is 0 Å². The minimum atomic E-state index is -3.37. The van der Waals surface area contributed by atoms with Gasteiger partial charge < -0.3 is 4.74 Å². The zero-order chi connectivity index (χ0) is 26.0. The molecule has 0 aromatic heterocycles. The molecule has 1 aliphatic carbocycles. The number of hydrogen-bond donors (Lipinski definition) is 0. The van der Waals surface area contributed by atoms with Gasteiger partial charge in [-0.2, -0.15) is 8.78 Å². The van der Waals surface area contributed by atoms with Crippen LogP contribution in [-0.4, -0.2) is 0 Å². The summed E-state index contributed by atoms with van der Waals surface area (Å²) in [6.07, 6.45) is 3.67. The van der Waals surface area contributed by atoms with Crippen LogP contribution in [-0.2, 0) is 19.0 Å². The second kappa shape index (κ2) is 10.7. The van der Waals surface area contributed by atoms with Gasteiger partial charge in [-0.3, -0.25) is 0 Å². The molecule has 192 valence electrons. The molecule has 0 amide bonds. The Morgan fingerprint density at radius 3 is 1.64 bits per heavy atom. The molecule has 0 aliphatic heterocycles. The molecule has 1 aliphatic rings. The molecule has 0 saturated heterocycles. The van der Waals surface area contributed by atoms with E-state index in [-0.39, 0.29) is 11.3 Å². The van der Waals surface area contributed by atoms with Gasteiger partial charge >= 0.3 is 6.11 Å². The van der Waals surface area contributed by atoms with Gasteiger partial charge in [-0.25, -0.2) is 0 Å². The Bertz CT molecular complexity index is 1150. The lowest BCUT2D eigenvalue weighted by molar-refractivity contribution is -0.186. The van der Waals surface area contributed by atoms with E-state index in [1.165, 1.54) is 66.5 Å². The number of aryl methyl sites for hydroxylation is 5. The fraction of sp³-hybridized carbons (Fsp3) is 0.455. The van der Waals surface area contributed by atoms with E-state index in [1.54, 1.807) is 0 Å². The predicted molar refractivity (Wildman–Crippen MR) is 145 cm³/mol. The smallest absolute Gasteiger partial charge is 0.426 e. The Kier molecular flexibility index (Phi) is 7.87. The molecule has 0 bridgehead atoms. The summed E-state index contributed by atoms with van der Waals surface area (Å²) in [5.74, 6) is 1.64. The van der Waals surface area contributed by atoms with E-state index in [1.807, 2.05) is 45.0 Å². The van der Waals surface area contributed by atoms with E-state index in [2.05, 4.69) is 32.9 Å². The third-order valence-corrected chi connectivity index (χ3v) is 8.13. The van der Waals surface area contributed by atoms with Crippen molar-refractivity contribution in [1.29, 1.82) is 0 Å². The highest BCUT2D eigenvalue weighted by molar-refractivity contribution is 5.43. The number of halogens is 2. The monoisotopic (exact) mass is 490 g/mol. The lowest BCUT2D eigenvalue weighted by Crippen LogP contribution is -2.23. The average Bonchev–Trinajstić information content (AvgIpc) is 2.81. The van der Waals surface area contributed by atoms with E-state index < -0.39 is 6.11 Å². The summed E-state index contributed by atoms with van der Waals surface area (Å²) in [4.78, 5) is 0. The van der Waals surface area contributed by atoms with Crippen molar-refractivity contribution in [3.8, 4) is 5.75 Å². The summed E-state index contributed by atoms with van der Waals surface area (Å²) in [5.41, 5.74) is 9.18. The standard InChI is InChI=1S/C33H40F2O/c1-21-15-24(4)32(25(5)16-21)36-33(34,35)31-13-11-29(12-14-31)19-27-7-9-28(10-8-27)20-30-17-22(2)26(6)23(3)18-30/h11-18,27-28H,7-10,19-20H2,1-6H3. The van der Waals surface area contributed by atoms with Crippen LogP contribution in [0.4, 0.5) is 8.78 Å². The minimum absolute atomic E-state index is 0.0991. The van der Waals surface area contributed by atoms with E-state index in [9.17, 15) is 8.78 Å². The molecular formula is C33H40F2O. The Morgan fingerprint density at radius 2 is 1.14 bits per heavy atom. The summed E-state index contributed by atoms with van der Waals surface area (Å²) in [7, 11) is 0. The largest absolute Gasteiger partial charge is 0.428 e. The number of ether oxygens (including phenoxy) is 1. The van der Waals surface area contributed by atoms with Crippen molar-refractivity contribution in [2.75, 3.05) is 0 Å². The highest BCUT2D eigenvalue weighted by Gasteiger charge is 2.35. The van der Waals surface area contributed by atoms with Crippen molar-refractivity contribution < 1.29 is 13.5 Å². The van der Waals surface area contributed by atoms with Gasteiger partial charge in [-0.15, -0.1) is 0 Å². The summed E-state index contributed by atoms with van der Waals surface area (Å²) in [6, 6.07) is 15.2. The van der Waals surface area contributed by atoms with E-state index in [4.69, 9.17) is 4.74 Å². The van der Waals surface area contributed by atoms with Crippen LogP contribution < -0.4 is 4.74 Å². The van der Waals surface area contributed by atoms with Crippen LogP contribution in [0, 0.1) is 53.4 Å². The maximum Gasteiger partial charge on any atom is 0.426 e. The molecule has 1 nitrogen and oxygen atoms in total. The molecule has 0 heterocycles. The maximum absolute atomic E-state index is 15.0. The second-order valence-electron chi connectivity index (χ2n) is 11.2. The lowest BCUT2D eigenvalue weighted by Gasteiger charge is -2.29. The van der Waals surface area contributed by atoms with Crippen LogP contribution in [0.2, 0.25) is 0 Å². The van der Waals surface area contributed by atoms with Crippen LogP contribution in [0.1, 0.15) is 75.8 Å². The maximum atomic E-state index is 15.0. The van der Waals surface area contributed by atoms with Crippen molar-refractivity contribution in [2.45, 2.75) is 86.2 Å². The number of benzene rings is 3. The van der Waals surface area contributed by atoms with E-state index in [0.717, 1.165) is 34.6 Å². The number of hydrogen-bond acceptors (Lipinski definition) is 1. The van der Waals surface area contributed by atoms with Gasteiger partial charge in [0.15, 0.2) is 0 Å². The molecular weight excluding hydrogens is 450 g/mol. The fourth-order valence-corrected chi connectivity index (χ4v) is 5.90. The van der Waals surface area contributed by atoms with Gasteiger partial charge in [-0.1, -0.05) is 42.0 Å². The molecule has 0 N–H and O–H groups in total. The normalized spacial score (nSPS) is 18.3. The number of alkyl halides is 2. The first kappa shape index (κ1) is 26.4. The molecule has 0 atom stereocenters. The van der Waals surface area contributed by atoms with Gasteiger partial charge in [-0.05, 0) is 143 Å². The first-order valence-electron chi connectivity index (χ1n) is 13.3. The number of rotatable bonds is 7. The average molecular weight is 491 g/mol. The van der Waals surface area contributed by atoms with Gasteiger partial charge in [0.25, 0.3) is 0 Å². The summed E-state index contributed by atoms with van der Waals surface area (Å²) in [5, 5.41) is 0. The predicted octanol–water partition coefficient (Wildman–Crippen LogP) is 9.26. The molecule has 0 spiro atoms. The summed E-state index contributed by atoms with van der Waals surface area (Å²) in [6.45, 7) is 12.2. The Labute approximate surface area is 215 Å². The quantitative estimate of drug-likeness (QED) is 0.321. The Balaban J connectivity index is 1.32. The SMILES string of the molecule is Cc1cc(C)c(OC(F)(F)c2ccc(CC3CCC(Cc4cc(C)c(C)c(C)c4)CC3)cc2)c(C)c1. The molecule has 1 fully saturated rings. The van der Waals surface area contributed by atoms with Crippen molar-refractivity contribution >= 4 is 0 Å². The Hall–Kier alpha value is -2.68. The van der Waals surface area contributed by atoms with Gasteiger partial charge in [0, 0.05) is 0 Å². The Morgan fingerprint density at radius 1 is 0.667 bits per heavy atom. The topological polar surface area (TPSA) is 9.23 Å². The third kappa shape index (κ3) is 6.17. The highest BCUT2D eigenvalue weighted by atomic mass is 19.3. The zero-order valence-corrected chi connectivity index (χ0v) is 22.7. The first-order valence-corrected chi connectivity index (χ1v) is 13.3. The molecule has 3 aromatic rings. The molecule has 0 radical (unpaired) electrons. The zero-order valence-electron chi connectivity index (χ0n) is 22.7. The first-order chi connectivity index (χ1) is 17.0. The van der Waals surface area contributed by atoms with Gasteiger partial charge in [0.1, 0.15) is 5.75 Å². The molecule has 1 saturated carbocycles. The van der Waals surface area contributed by atoms with E-state index >= 15 is 0 Å². The molecule has 36 heavy (non-hydrogen) atoms. The lowest BCUT2D eigenvalue weighted by atomic mass is 9.77. The highest BCUT2D eigenvalue weighted by Crippen LogP contribution is 2.37. The van der Waals surface area contributed by atoms with Crippen molar-refractivity contribution in [3.05, 3.63) is 98.6 Å².